The number of hydrogen-bond donors (Lipinski definition) is 1. The van der Waals surface area contributed by atoms with E-state index >= 15 is 0 Å². The van der Waals surface area contributed by atoms with Gasteiger partial charge in [-0.1, -0.05) is 19.1 Å². The number of rotatable bonds is 8. The molecule has 5 rings (SSSR count). The van der Waals surface area contributed by atoms with Crippen LogP contribution in [0.3, 0.4) is 0 Å². The van der Waals surface area contributed by atoms with Crippen molar-refractivity contribution in [2.45, 2.75) is 38.6 Å². The van der Waals surface area contributed by atoms with E-state index in [0.717, 1.165) is 41.4 Å². The van der Waals surface area contributed by atoms with Crippen molar-refractivity contribution < 1.29 is 13.2 Å². The summed E-state index contributed by atoms with van der Waals surface area (Å²) in [5.74, 6) is 1.09. The summed E-state index contributed by atoms with van der Waals surface area (Å²) < 4.78 is 35.1. The van der Waals surface area contributed by atoms with Crippen molar-refractivity contribution in [1.29, 1.82) is 5.26 Å². The van der Waals surface area contributed by atoms with Gasteiger partial charge in [-0.05, 0) is 55.5 Å². The highest BCUT2D eigenvalue weighted by Gasteiger charge is 2.28. The third-order valence-corrected chi connectivity index (χ3v) is 7.69. The Bertz CT molecular complexity index is 1500. The Hall–Kier alpha value is -3.90. The second kappa shape index (κ2) is 9.39. The monoisotopic (exact) mass is 487 g/mol. The first kappa shape index (κ1) is 22.9. The number of ether oxygens (including phenoxy) is 1. The molecule has 0 radical (unpaired) electrons. The zero-order chi connectivity index (χ0) is 24.4. The van der Waals surface area contributed by atoms with E-state index in [1.165, 1.54) is 0 Å². The highest BCUT2D eigenvalue weighted by atomic mass is 32.2. The molecule has 0 saturated heterocycles. The molecule has 0 bridgehead atoms. The maximum Gasteiger partial charge on any atom is 0.237 e. The molecule has 1 fully saturated rings. The summed E-state index contributed by atoms with van der Waals surface area (Å²) >= 11 is 0. The standard InChI is InChI=1S/C26H25N5O3S/c1-2-14-35(32,33)30-19-8-6-18(7-9-19)26-23(16-27)22-11-10-21(34-25-17-28-12-13-29-25)15-24(22)31(26)20-4-3-5-20/h6-13,15,17,20,30H,2-5,14H2,1H3. The van der Waals surface area contributed by atoms with Gasteiger partial charge < -0.3 is 9.30 Å². The minimum atomic E-state index is -3.37. The molecule has 1 aliphatic carbocycles. The number of nitrogens with zero attached hydrogens (tertiary/aromatic N) is 4. The molecular weight excluding hydrogens is 462 g/mol. The van der Waals surface area contributed by atoms with E-state index in [1.54, 1.807) is 30.7 Å². The molecule has 0 unspecified atom stereocenters. The summed E-state index contributed by atoms with van der Waals surface area (Å²) in [5, 5.41) is 11.0. The lowest BCUT2D eigenvalue weighted by atomic mass is 9.92. The number of hydrogen-bond acceptors (Lipinski definition) is 6. The van der Waals surface area contributed by atoms with Crippen molar-refractivity contribution in [3.05, 3.63) is 66.6 Å². The van der Waals surface area contributed by atoms with Gasteiger partial charge in [0, 0.05) is 35.6 Å². The number of anilines is 1. The van der Waals surface area contributed by atoms with Gasteiger partial charge in [0.2, 0.25) is 15.9 Å². The number of nitriles is 1. The summed E-state index contributed by atoms with van der Waals surface area (Å²) in [6.45, 7) is 1.83. The van der Waals surface area contributed by atoms with Gasteiger partial charge in [0.15, 0.2) is 0 Å². The molecule has 1 aliphatic rings. The van der Waals surface area contributed by atoms with Crippen molar-refractivity contribution in [2.75, 3.05) is 10.5 Å². The first-order chi connectivity index (χ1) is 17.0. The van der Waals surface area contributed by atoms with Crippen molar-refractivity contribution in [3.63, 3.8) is 0 Å². The normalized spacial score (nSPS) is 13.8. The SMILES string of the molecule is CCCS(=O)(=O)Nc1ccc(-c2c(C#N)c3ccc(Oc4cnccn4)cc3n2C2CCC2)cc1. The lowest BCUT2D eigenvalue weighted by Gasteiger charge is -2.30. The van der Waals surface area contributed by atoms with Gasteiger partial charge in [0.25, 0.3) is 0 Å². The second-order valence-corrected chi connectivity index (χ2v) is 10.5. The molecule has 9 heteroatoms. The molecular formula is C26H25N5O3S. The Balaban J connectivity index is 1.58. The van der Waals surface area contributed by atoms with Crippen molar-refractivity contribution in [2.24, 2.45) is 0 Å². The molecule has 2 aromatic heterocycles. The molecule has 1 N–H and O–H groups in total. The number of nitrogens with one attached hydrogen (secondary N) is 1. The van der Waals surface area contributed by atoms with Crippen LogP contribution in [0.2, 0.25) is 0 Å². The van der Waals surface area contributed by atoms with Gasteiger partial charge in [0.1, 0.15) is 11.8 Å². The molecule has 4 aromatic rings. The average Bonchev–Trinajstić information content (AvgIpc) is 3.12. The van der Waals surface area contributed by atoms with Gasteiger partial charge in [-0.3, -0.25) is 9.71 Å². The van der Waals surface area contributed by atoms with Crippen LogP contribution in [0, 0.1) is 11.3 Å². The molecule has 178 valence electrons. The summed E-state index contributed by atoms with van der Waals surface area (Å²) in [7, 11) is -3.37. The maximum atomic E-state index is 12.1. The summed E-state index contributed by atoms with van der Waals surface area (Å²) in [6.07, 6.45) is 8.46. The van der Waals surface area contributed by atoms with Crippen LogP contribution < -0.4 is 9.46 Å². The van der Waals surface area contributed by atoms with Crippen LogP contribution in [0.5, 0.6) is 11.6 Å². The largest absolute Gasteiger partial charge is 0.437 e. The van der Waals surface area contributed by atoms with Gasteiger partial charge in [0.05, 0.1) is 28.7 Å². The van der Waals surface area contributed by atoms with Crippen LogP contribution in [-0.4, -0.2) is 28.7 Å². The van der Waals surface area contributed by atoms with Gasteiger partial charge >= 0.3 is 0 Å². The highest BCUT2D eigenvalue weighted by Crippen LogP contribution is 2.43. The Morgan fingerprint density at radius 2 is 1.97 bits per heavy atom. The van der Waals surface area contributed by atoms with E-state index < -0.39 is 10.0 Å². The van der Waals surface area contributed by atoms with Crippen LogP contribution >= 0.6 is 0 Å². The van der Waals surface area contributed by atoms with E-state index in [1.807, 2.05) is 37.3 Å². The highest BCUT2D eigenvalue weighted by molar-refractivity contribution is 7.92. The van der Waals surface area contributed by atoms with Crippen LogP contribution in [-0.2, 0) is 10.0 Å². The van der Waals surface area contributed by atoms with E-state index in [0.29, 0.717) is 29.3 Å². The molecule has 35 heavy (non-hydrogen) atoms. The second-order valence-electron chi connectivity index (χ2n) is 8.61. The smallest absolute Gasteiger partial charge is 0.237 e. The zero-order valence-electron chi connectivity index (χ0n) is 19.3. The Morgan fingerprint density at radius 1 is 1.17 bits per heavy atom. The fourth-order valence-electron chi connectivity index (χ4n) is 4.43. The summed E-state index contributed by atoms with van der Waals surface area (Å²) in [6, 6.07) is 15.6. The minimum absolute atomic E-state index is 0.0716. The maximum absolute atomic E-state index is 12.1. The van der Waals surface area contributed by atoms with Crippen LogP contribution in [0.25, 0.3) is 22.2 Å². The first-order valence-corrected chi connectivity index (χ1v) is 13.3. The molecule has 8 nitrogen and oxygen atoms in total. The van der Waals surface area contributed by atoms with Crippen molar-refractivity contribution in [1.82, 2.24) is 14.5 Å². The van der Waals surface area contributed by atoms with Gasteiger partial charge in [-0.2, -0.15) is 5.26 Å². The average molecular weight is 488 g/mol. The third-order valence-electron chi connectivity index (χ3n) is 6.19. The minimum Gasteiger partial charge on any atom is -0.437 e. The lowest BCUT2D eigenvalue weighted by molar-refractivity contribution is 0.324. The fraction of sp³-hybridized carbons (Fsp3) is 0.269. The molecule has 1 saturated carbocycles. The Morgan fingerprint density at radius 3 is 2.60 bits per heavy atom. The van der Waals surface area contributed by atoms with Crippen molar-refractivity contribution in [3.8, 4) is 29.0 Å². The van der Waals surface area contributed by atoms with E-state index in [9.17, 15) is 13.7 Å². The Labute approximate surface area is 204 Å². The molecule has 0 aliphatic heterocycles. The molecule has 0 atom stereocenters. The summed E-state index contributed by atoms with van der Waals surface area (Å²) in [5.41, 5.74) is 3.73. The third kappa shape index (κ3) is 4.57. The molecule has 0 amide bonds. The van der Waals surface area contributed by atoms with E-state index in [-0.39, 0.29) is 11.8 Å². The predicted octanol–water partition coefficient (Wildman–Crippen LogP) is 5.64. The van der Waals surface area contributed by atoms with Gasteiger partial charge in [-0.25, -0.2) is 13.4 Å². The fourth-order valence-corrected chi connectivity index (χ4v) is 5.56. The molecule has 2 heterocycles. The topological polar surface area (TPSA) is 110 Å². The molecule has 0 spiro atoms. The first-order valence-electron chi connectivity index (χ1n) is 11.6. The predicted molar refractivity (Wildman–Crippen MR) is 135 cm³/mol. The van der Waals surface area contributed by atoms with Crippen molar-refractivity contribution >= 4 is 26.6 Å². The number of aromatic nitrogens is 3. The van der Waals surface area contributed by atoms with E-state index in [4.69, 9.17) is 4.74 Å². The molecule has 2 aromatic carbocycles. The lowest BCUT2D eigenvalue weighted by Crippen LogP contribution is -2.18. The van der Waals surface area contributed by atoms with Crippen LogP contribution in [0.1, 0.15) is 44.2 Å². The quantitative estimate of drug-likeness (QED) is 0.344. The zero-order valence-corrected chi connectivity index (χ0v) is 20.1. The Kier molecular flexibility index (Phi) is 6.14. The van der Waals surface area contributed by atoms with Crippen LogP contribution in [0.4, 0.5) is 5.69 Å². The number of sulfonamides is 1. The number of fused-ring (bicyclic) bond motifs is 1. The van der Waals surface area contributed by atoms with E-state index in [2.05, 4.69) is 25.3 Å². The van der Waals surface area contributed by atoms with Crippen LogP contribution in [0.15, 0.2) is 61.1 Å². The van der Waals surface area contributed by atoms with Gasteiger partial charge in [-0.15, -0.1) is 0 Å². The number of benzene rings is 2. The summed E-state index contributed by atoms with van der Waals surface area (Å²) in [4.78, 5) is 8.22.